The second kappa shape index (κ2) is 7.19. The van der Waals surface area contributed by atoms with Crippen molar-refractivity contribution in [3.8, 4) is 0 Å². The van der Waals surface area contributed by atoms with E-state index in [0.29, 0.717) is 13.2 Å². The Morgan fingerprint density at radius 2 is 2.19 bits per heavy atom. The van der Waals surface area contributed by atoms with Gasteiger partial charge in [0.1, 0.15) is 0 Å². The number of hydrogen-bond acceptors (Lipinski definition) is 5. The molecule has 3 N–H and O–H groups in total. The fraction of sp³-hybridized carbons (Fsp3) is 0.786. The summed E-state index contributed by atoms with van der Waals surface area (Å²) in [6.45, 7) is 3.52. The van der Waals surface area contributed by atoms with Gasteiger partial charge in [-0.05, 0) is 22.4 Å². The maximum Gasteiger partial charge on any atom is 0.0891 e. The van der Waals surface area contributed by atoms with Crippen LogP contribution < -0.4 is 11.3 Å². The Bertz CT molecular complexity index is 472. The molecule has 1 fully saturated rings. The summed E-state index contributed by atoms with van der Waals surface area (Å²) < 4.78 is 14.3. The largest absolute Gasteiger partial charge is 0.381 e. The molecule has 0 aliphatic carbocycles. The van der Waals surface area contributed by atoms with Crippen LogP contribution in [0.1, 0.15) is 31.2 Å². The lowest BCUT2D eigenvalue weighted by molar-refractivity contribution is -0.110. The number of rotatable bonds is 6. The molecule has 0 bridgehead atoms. The Morgan fingerprint density at radius 1 is 1.52 bits per heavy atom. The highest BCUT2D eigenvalue weighted by Gasteiger charge is 2.41. The van der Waals surface area contributed by atoms with Crippen molar-refractivity contribution in [2.24, 2.45) is 12.9 Å². The van der Waals surface area contributed by atoms with Crippen LogP contribution in [0.3, 0.4) is 0 Å². The van der Waals surface area contributed by atoms with Gasteiger partial charge in [-0.2, -0.15) is 5.10 Å². The van der Waals surface area contributed by atoms with E-state index >= 15 is 0 Å². The molecule has 1 unspecified atom stereocenters. The molecule has 0 aromatic carbocycles. The molecule has 1 saturated heterocycles. The van der Waals surface area contributed by atoms with Gasteiger partial charge in [-0.25, -0.2) is 0 Å². The highest BCUT2D eigenvalue weighted by Crippen LogP contribution is 2.32. The van der Waals surface area contributed by atoms with Crippen LogP contribution in [0, 0.1) is 0 Å². The molecule has 1 aromatic heterocycles. The Hall–Kier alpha value is -0.470. The Balaban J connectivity index is 2.24. The standard InChI is InChI=1S/C14H25BrN4O2/c1-4-10-13(15)11(19(2)18-10)9-12(17-16)14(20-3)5-7-21-8-6-14/h12,17H,4-9,16H2,1-3H3. The molecule has 7 heteroatoms. The van der Waals surface area contributed by atoms with Crippen molar-refractivity contribution in [1.82, 2.24) is 15.2 Å². The first-order valence-corrected chi connectivity index (χ1v) is 8.16. The van der Waals surface area contributed by atoms with Gasteiger partial charge < -0.3 is 9.47 Å². The molecular formula is C14H25BrN4O2. The zero-order chi connectivity index (χ0) is 15.5. The summed E-state index contributed by atoms with van der Waals surface area (Å²) in [7, 11) is 3.72. The monoisotopic (exact) mass is 360 g/mol. The van der Waals surface area contributed by atoms with Crippen LogP contribution in [0.2, 0.25) is 0 Å². The normalized spacial score (nSPS) is 19.7. The highest BCUT2D eigenvalue weighted by molar-refractivity contribution is 9.10. The van der Waals surface area contributed by atoms with Gasteiger partial charge in [0.15, 0.2) is 0 Å². The molecule has 21 heavy (non-hydrogen) atoms. The van der Waals surface area contributed by atoms with Crippen molar-refractivity contribution in [3.05, 3.63) is 15.9 Å². The van der Waals surface area contributed by atoms with Crippen molar-refractivity contribution in [1.29, 1.82) is 0 Å². The molecule has 120 valence electrons. The smallest absolute Gasteiger partial charge is 0.0891 e. The Labute approximate surface area is 134 Å². The maximum absolute atomic E-state index is 5.85. The van der Waals surface area contributed by atoms with Gasteiger partial charge in [0.05, 0.1) is 27.5 Å². The van der Waals surface area contributed by atoms with Gasteiger partial charge in [0.25, 0.3) is 0 Å². The van der Waals surface area contributed by atoms with E-state index in [2.05, 4.69) is 33.4 Å². The van der Waals surface area contributed by atoms with Crippen molar-refractivity contribution in [3.63, 3.8) is 0 Å². The number of hydrogen-bond donors (Lipinski definition) is 2. The number of nitrogens with one attached hydrogen (secondary N) is 1. The summed E-state index contributed by atoms with van der Waals surface area (Å²) in [5.41, 5.74) is 4.87. The van der Waals surface area contributed by atoms with E-state index < -0.39 is 0 Å². The fourth-order valence-electron chi connectivity index (χ4n) is 3.04. The van der Waals surface area contributed by atoms with Crippen LogP contribution in [0.4, 0.5) is 0 Å². The van der Waals surface area contributed by atoms with E-state index in [0.717, 1.165) is 41.5 Å². The van der Waals surface area contributed by atoms with Gasteiger partial charge in [-0.3, -0.25) is 16.0 Å². The van der Waals surface area contributed by atoms with Crippen LogP contribution in [-0.4, -0.2) is 41.7 Å². The topological polar surface area (TPSA) is 74.3 Å². The van der Waals surface area contributed by atoms with Crippen LogP contribution in [0.15, 0.2) is 4.47 Å². The van der Waals surface area contributed by atoms with Crippen molar-refractivity contribution < 1.29 is 9.47 Å². The minimum atomic E-state index is -0.289. The van der Waals surface area contributed by atoms with Crippen LogP contribution in [-0.2, 0) is 29.4 Å². The predicted molar refractivity (Wildman–Crippen MR) is 84.9 cm³/mol. The number of halogens is 1. The van der Waals surface area contributed by atoms with Gasteiger partial charge in [-0.15, -0.1) is 0 Å². The zero-order valence-corrected chi connectivity index (χ0v) is 14.6. The van der Waals surface area contributed by atoms with Gasteiger partial charge >= 0.3 is 0 Å². The number of nitrogens with zero attached hydrogens (tertiary/aromatic N) is 2. The first kappa shape index (κ1) is 16.9. The minimum absolute atomic E-state index is 0.0165. The van der Waals surface area contributed by atoms with E-state index in [1.165, 1.54) is 0 Å². The summed E-state index contributed by atoms with van der Waals surface area (Å²) in [6.07, 6.45) is 3.34. The number of aryl methyl sites for hydroxylation is 2. The van der Waals surface area contributed by atoms with Crippen molar-refractivity contribution in [2.75, 3.05) is 20.3 Å². The molecule has 1 atom stereocenters. The first-order chi connectivity index (χ1) is 10.1. The molecule has 0 amide bonds. The summed E-state index contributed by atoms with van der Waals surface area (Å²) in [4.78, 5) is 0. The Kier molecular flexibility index (Phi) is 5.79. The van der Waals surface area contributed by atoms with Crippen molar-refractivity contribution in [2.45, 2.75) is 44.2 Å². The second-order valence-electron chi connectivity index (χ2n) is 5.49. The molecule has 2 heterocycles. The van der Waals surface area contributed by atoms with E-state index in [1.54, 1.807) is 7.11 Å². The molecule has 0 spiro atoms. The number of hydrazine groups is 1. The molecule has 1 aliphatic heterocycles. The quantitative estimate of drug-likeness (QED) is 0.591. The molecule has 0 saturated carbocycles. The molecule has 1 aliphatic rings. The third-order valence-corrected chi connectivity index (χ3v) is 5.40. The first-order valence-electron chi connectivity index (χ1n) is 7.37. The lowest BCUT2D eigenvalue weighted by Gasteiger charge is -2.42. The summed E-state index contributed by atoms with van der Waals surface area (Å²) in [5, 5.41) is 4.55. The predicted octanol–water partition coefficient (Wildman–Crippen LogP) is 1.32. The average Bonchev–Trinajstić information content (AvgIpc) is 2.79. The summed E-state index contributed by atoms with van der Waals surface area (Å²) >= 11 is 3.67. The third kappa shape index (κ3) is 3.32. The SMILES string of the molecule is CCc1nn(C)c(CC(NN)C2(OC)CCOCC2)c1Br. The van der Waals surface area contributed by atoms with E-state index in [4.69, 9.17) is 15.3 Å². The zero-order valence-electron chi connectivity index (χ0n) is 13.0. The van der Waals surface area contributed by atoms with Gasteiger partial charge in [-0.1, -0.05) is 6.92 Å². The average molecular weight is 361 g/mol. The van der Waals surface area contributed by atoms with Gasteiger partial charge in [0, 0.05) is 46.6 Å². The molecule has 6 nitrogen and oxygen atoms in total. The van der Waals surface area contributed by atoms with Gasteiger partial charge in [0.2, 0.25) is 0 Å². The maximum atomic E-state index is 5.85. The lowest BCUT2D eigenvalue weighted by Crippen LogP contribution is -2.58. The van der Waals surface area contributed by atoms with E-state index in [9.17, 15) is 0 Å². The van der Waals surface area contributed by atoms with Crippen LogP contribution >= 0.6 is 15.9 Å². The lowest BCUT2D eigenvalue weighted by atomic mass is 9.84. The highest BCUT2D eigenvalue weighted by atomic mass is 79.9. The molecule has 2 rings (SSSR count). The van der Waals surface area contributed by atoms with Crippen molar-refractivity contribution >= 4 is 15.9 Å². The minimum Gasteiger partial charge on any atom is -0.381 e. The molecule has 0 radical (unpaired) electrons. The van der Waals surface area contributed by atoms with E-state index in [-0.39, 0.29) is 11.6 Å². The summed E-state index contributed by atoms with van der Waals surface area (Å²) in [6, 6.07) is 0.0165. The number of aromatic nitrogens is 2. The Morgan fingerprint density at radius 3 is 2.67 bits per heavy atom. The number of ether oxygens (including phenoxy) is 2. The molecule has 1 aromatic rings. The van der Waals surface area contributed by atoms with Crippen LogP contribution in [0.25, 0.3) is 0 Å². The van der Waals surface area contributed by atoms with Crippen LogP contribution in [0.5, 0.6) is 0 Å². The summed E-state index contributed by atoms with van der Waals surface area (Å²) in [5.74, 6) is 5.84. The van der Waals surface area contributed by atoms with E-state index in [1.807, 2.05) is 11.7 Å². The number of methoxy groups -OCH3 is 1. The second-order valence-corrected chi connectivity index (χ2v) is 6.28. The number of nitrogens with two attached hydrogens (primary N) is 1. The fourth-order valence-corrected chi connectivity index (χ4v) is 3.82. The third-order valence-electron chi connectivity index (χ3n) is 4.48. The molecular weight excluding hydrogens is 336 g/mol.